The van der Waals surface area contributed by atoms with Gasteiger partial charge in [0.1, 0.15) is 0 Å². The minimum Gasteiger partial charge on any atom is -0.209 e. The number of nitrogens with zero attached hydrogens (tertiary/aromatic N) is 3. The molecule has 0 aliphatic carbocycles. The molecule has 3 heteroatoms. The zero-order chi connectivity index (χ0) is 16.1. The lowest BCUT2D eigenvalue weighted by atomic mass is 10.1. The van der Waals surface area contributed by atoms with Crippen LogP contribution in [-0.4, -0.2) is 15.0 Å². The van der Waals surface area contributed by atoms with Crippen molar-refractivity contribution in [3.8, 4) is 22.8 Å². The molecule has 114 valence electrons. The fourth-order valence-corrected chi connectivity index (χ4v) is 2.44. The molecular formula is C20H19N3. The molecule has 0 bridgehead atoms. The first-order valence-electron chi connectivity index (χ1n) is 7.84. The molecule has 3 aromatic rings. The second-order valence-corrected chi connectivity index (χ2v) is 5.21. The van der Waals surface area contributed by atoms with Crippen molar-refractivity contribution in [1.29, 1.82) is 0 Å². The molecule has 1 aromatic heterocycles. The number of aromatic nitrogens is 3. The van der Waals surface area contributed by atoms with Crippen LogP contribution in [0.4, 0.5) is 0 Å². The molecule has 0 radical (unpaired) electrons. The van der Waals surface area contributed by atoms with Crippen molar-refractivity contribution in [2.24, 2.45) is 0 Å². The van der Waals surface area contributed by atoms with Crippen molar-refractivity contribution in [3.63, 3.8) is 0 Å². The second kappa shape index (κ2) is 6.97. The lowest BCUT2D eigenvalue weighted by Crippen LogP contribution is -2.02. The Labute approximate surface area is 136 Å². The van der Waals surface area contributed by atoms with E-state index in [1.54, 1.807) is 0 Å². The third-order valence-electron chi connectivity index (χ3n) is 3.72. The van der Waals surface area contributed by atoms with Gasteiger partial charge >= 0.3 is 0 Å². The summed E-state index contributed by atoms with van der Waals surface area (Å²) >= 11 is 0. The van der Waals surface area contributed by atoms with Crippen molar-refractivity contribution in [2.45, 2.75) is 20.3 Å². The van der Waals surface area contributed by atoms with E-state index in [0.717, 1.165) is 28.9 Å². The van der Waals surface area contributed by atoms with Crippen LogP contribution in [0.2, 0.25) is 0 Å². The predicted molar refractivity (Wildman–Crippen MR) is 94.6 cm³/mol. The van der Waals surface area contributed by atoms with Crippen LogP contribution < -0.4 is 0 Å². The molecule has 1 heterocycles. The largest absolute Gasteiger partial charge is 0.209 e. The van der Waals surface area contributed by atoms with E-state index in [4.69, 9.17) is 0 Å². The lowest BCUT2D eigenvalue weighted by Gasteiger charge is -2.09. The van der Waals surface area contributed by atoms with Crippen LogP contribution in [0.3, 0.4) is 0 Å². The summed E-state index contributed by atoms with van der Waals surface area (Å²) < 4.78 is 0. The minimum atomic E-state index is 0.710. The smallest absolute Gasteiger partial charge is 0.164 e. The first-order chi connectivity index (χ1) is 11.3. The van der Waals surface area contributed by atoms with Crippen molar-refractivity contribution in [1.82, 2.24) is 15.0 Å². The Morgan fingerprint density at radius 1 is 0.783 bits per heavy atom. The molecular weight excluding hydrogens is 282 g/mol. The molecule has 0 aliphatic heterocycles. The number of benzene rings is 2. The zero-order valence-electron chi connectivity index (χ0n) is 13.4. The second-order valence-electron chi connectivity index (χ2n) is 5.21. The van der Waals surface area contributed by atoms with E-state index in [9.17, 15) is 0 Å². The SMILES string of the molecule is CC=C(CC)c1nc(-c2ccccc2)nc(-c2ccccc2)n1. The minimum absolute atomic E-state index is 0.710. The first kappa shape index (κ1) is 15.1. The predicted octanol–water partition coefficient (Wildman–Crippen LogP) is 5.02. The summed E-state index contributed by atoms with van der Waals surface area (Å²) in [5.41, 5.74) is 3.13. The topological polar surface area (TPSA) is 38.7 Å². The Kier molecular flexibility index (Phi) is 4.57. The van der Waals surface area contributed by atoms with Crippen LogP contribution in [0.5, 0.6) is 0 Å². The highest BCUT2D eigenvalue weighted by Gasteiger charge is 2.11. The molecule has 0 N–H and O–H groups in total. The van der Waals surface area contributed by atoms with Gasteiger partial charge in [0.25, 0.3) is 0 Å². The zero-order valence-corrected chi connectivity index (χ0v) is 13.4. The molecule has 0 saturated carbocycles. The summed E-state index contributed by atoms with van der Waals surface area (Å²) in [4.78, 5) is 14.0. The molecule has 3 rings (SSSR count). The fraction of sp³-hybridized carbons (Fsp3) is 0.150. The highest BCUT2D eigenvalue weighted by atomic mass is 15.0. The van der Waals surface area contributed by atoms with Gasteiger partial charge in [-0.15, -0.1) is 0 Å². The van der Waals surface area contributed by atoms with E-state index in [2.05, 4.69) is 28.0 Å². The summed E-state index contributed by atoms with van der Waals surface area (Å²) in [6.45, 7) is 4.14. The van der Waals surface area contributed by atoms with Gasteiger partial charge in [0.05, 0.1) is 0 Å². The Morgan fingerprint density at radius 2 is 1.26 bits per heavy atom. The van der Waals surface area contributed by atoms with Gasteiger partial charge in [-0.1, -0.05) is 73.7 Å². The Bertz CT molecular complexity index is 751. The maximum Gasteiger partial charge on any atom is 0.164 e. The van der Waals surface area contributed by atoms with Crippen LogP contribution in [-0.2, 0) is 0 Å². The summed E-state index contributed by atoms with van der Waals surface area (Å²) in [5.74, 6) is 2.17. The molecule has 0 saturated heterocycles. The van der Waals surface area contributed by atoms with Crippen molar-refractivity contribution in [3.05, 3.63) is 72.6 Å². The van der Waals surface area contributed by atoms with Crippen LogP contribution in [0, 0.1) is 0 Å². The van der Waals surface area contributed by atoms with Crippen molar-refractivity contribution in [2.75, 3.05) is 0 Å². The Morgan fingerprint density at radius 3 is 1.65 bits per heavy atom. The number of hydrogen-bond acceptors (Lipinski definition) is 3. The Balaban J connectivity index is 2.19. The van der Waals surface area contributed by atoms with E-state index < -0.39 is 0 Å². The van der Waals surface area contributed by atoms with Crippen LogP contribution in [0.1, 0.15) is 26.1 Å². The summed E-state index contributed by atoms with van der Waals surface area (Å²) in [5, 5.41) is 0. The highest BCUT2D eigenvalue weighted by molar-refractivity contribution is 5.66. The van der Waals surface area contributed by atoms with Gasteiger partial charge < -0.3 is 0 Å². The molecule has 2 aromatic carbocycles. The van der Waals surface area contributed by atoms with Gasteiger partial charge in [0.2, 0.25) is 0 Å². The van der Waals surface area contributed by atoms with Gasteiger partial charge in [-0.3, -0.25) is 0 Å². The van der Waals surface area contributed by atoms with Gasteiger partial charge in [-0.05, 0) is 18.9 Å². The normalized spacial score (nSPS) is 11.5. The van der Waals surface area contributed by atoms with E-state index in [1.807, 2.05) is 67.6 Å². The molecule has 23 heavy (non-hydrogen) atoms. The van der Waals surface area contributed by atoms with Gasteiger partial charge in [0.15, 0.2) is 17.5 Å². The van der Waals surface area contributed by atoms with E-state index in [1.165, 1.54) is 0 Å². The van der Waals surface area contributed by atoms with Gasteiger partial charge in [-0.2, -0.15) is 0 Å². The summed E-state index contributed by atoms with van der Waals surface area (Å²) in [6, 6.07) is 20.1. The molecule has 0 amide bonds. The van der Waals surface area contributed by atoms with E-state index in [0.29, 0.717) is 11.6 Å². The maximum atomic E-state index is 4.68. The molecule has 0 fully saturated rings. The molecule has 3 nitrogen and oxygen atoms in total. The van der Waals surface area contributed by atoms with Crippen LogP contribution in [0.25, 0.3) is 28.3 Å². The van der Waals surface area contributed by atoms with E-state index >= 15 is 0 Å². The average Bonchev–Trinajstić information content (AvgIpc) is 2.64. The summed E-state index contributed by atoms with van der Waals surface area (Å²) in [6.07, 6.45) is 2.96. The lowest BCUT2D eigenvalue weighted by molar-refractivity contribution is 1.01. The monoisotopic (exact) mass is 301 g/mol. The maximum absolute atomic E-state index is 4.68. The van der Waals surface area contributed by atoms with Crippen molar-refractivity contribution < 1.29 is 0 Å². The molecule has 0 aliphatic rings. The Hall–Kier alpha value is -2.81. The standard InChI is InChI=1S/C20H19N3/c1-3-15(4-2)18-21-19(16-11-7-5-8-12-16)23-20(22-18)17-13-9-6-10-14-17/h3,5-14H,4H2,1-2H3. The number of rotatable bonds is 4. The van der Waals surface area contributed by atoms with Gasteiger partial charge in [-0.25, -0.2) is 15.0 Å². The number of hydrogen-bond donors (Lipinski definition) is 0. The third kappa shape index (κ3) is 3.34. The molecule has 0 atom stereocenters. The first-order valence-corrected chi connectivity index (χ1v) is 7.84. The van der Waals surface area contributed by atoms with Crippen molar-refractivity contribution >= 4 is 5.57 Å². The van der Waals surface area contributed by atoms with E-state index in [-0.39, 0.29) is 0 Å². The molecule has 0 spiro atoms. The quantitative estimate of drug-likeness (QED) is 0.679. The van der Waals surface area contributed by atoms with Gasteiger partial charge in [0, 0.05) is 11.1 Å². The average molecular weight is 301 g/mol. The summed E-state index contributed by atoms with van der Waals surface area (Å²) in [7, 11) is 0. The fourth-order valence-electron chi connectivity index (χ4n) is 2.44. The third-order valence-corrected chi connectivity index (χ3v) is 3.72. The van der Waals surface area contributed by atoms with Crippen LogP contribution in [0.15, 0.2) is 66.7 Å². The highest BCUT2D eigenvalue weighted by Crippen LogP contribution is 2.23. The number of allylic oxidation sites excluding steroid dienone is 2. The molecule has 0 unspecified atom stereocenters. The van der Waals surface area contributed by atoms with Crippen LogP contribution >= 0.6 is 0 Å².